The van der Waals surface area contributed by atoms with Crippen molar-refractivity contribution >= 4 is 53.1 Å². The Morgan fingerprint density at radius 1 is 0.875 bits per heavy atom. The van der Waals surface area contributed by atoms with Crippen LogP contribution in [-0.2, 0) is 35.9 Å². The summed E-state index contributed by atoms with van der Waals surface area (Å²) in [6, 6.07) is 24.9. The van der Waals surface area contributed by atoms with E-state index in [4.69, 9.17) is 19.2 Å². The van der Waals surface area contributed by atoms with Gasteiger partial charge in [0.05, 0.1) is 40.4 Å². The smallest absolute Gasteiger partial charge is 0.251 e. The van der Waals surface area contributed by atoms with E-state index in [9.17, 15) is 24.3 Å². The van der Waals surface area contributed by atoms with Crippen molar-refractivity contribution in [1.82, 2.24) is 51.3 Å². The Kier molecular flexibility index (Phi) is 22.1. The van der Waals surface area contributed by atoms with E-state index in [0.717, 1.165) is 95.3 Å². The third-order valence-corrected chi connectivity index (χ3v) is 15.2. The number of thiazole rings is 1. The number of hydrogen-bond donors (Lipinski definition) is 7. The first-order valence-electron chi connectivity index (χ1n) is 27.3. The van der Waals surface area contributed by atoms with Crippen molar-refractivity contribution in [1.29, 1.82) is 0 Å². The van der Waals surface area contributed by atoms with Crippen LogP contribution in [0.3, 0.4) is 0 Å². The maximum absolute atomic E-state index is 14.0. The van der Waals surface area contributed by atoms with Crippen LogP contribution >= 0.6 is 23.7 Å². The largest absolute Gasteiger partial charge is 0.494 e. The standard InChI is InChI=1S/C59H75N11O8S.ClH/c1-39(64-54(73)45-13-9-14-46(32-45)67-59(22-26-61-27-23-59)57-66-53(68-69-57)43-20-24-60-25-21-43)44-12-10-15-48(33-44)78-31-8-6-7-28-76-29-11-30-77-37-50(72)65-52(58(3,4)5)56(75)70-36-47(71)34-49(70)55(74)62-35-41-16-18-42(19-17-41)51-40(2)63-38-79-51;/h9-10,12-21,24-25,32-33,38-39,47,49,52,61,67,71H,6-8,11,22-23,26-31,34-37H2,1-5H3,(H,62,74)(H,64,73)(H,65,72)(H,66,68,69);1H/t39-,47+,49-,52?;/m0./s1. The van der Waals surface area contributed by atoms with Crippen LogP contribution in [0.25, 0.3) is 21.8 Å². The highest BCUT2D eigenvalue weighted by molar-refractivity contribution is 7.13. The number of aryl methyl sites for hydroxylation is 1. The topological polar surface area (TPSA) is 247 Å². The van der Waals surface area contributed by atoms with Gasteiger partial charge < -0.3 is 50.8 Å². The number of aliphatic hydroxyl groups excluding tert-OH is 1. The zero-order chi connectivity index (χ0) is 55.8. The van der Waals surface area contributed by atoms with Gasteiger partial charge in [-0.1, -0.05) is 63.2 Å². The number of carbonyl (C=O) groups is 4. The van der Waals surface area contributed by atoms with Crippen molar-refractivity contribution in [2.45, 2.75) is 116 Å². The minimum absolute atomic E-state index is 0. The van der Waals surface area contributed by atoms with Crippen molar-refractivity contribution in [2.75, 3.05) is 58.0 Å². The molecule has 3 aromatic carbocycles. The average molecular weight is 1130 g/mol. The highest BCUT2D eigenvalue weighted by Gasteiger charge is 2.44. The molecule has 2 aliphatic rings. The highest BCUT2D eigenvalue weighted by Crippen LogP contribution is 2.35. The molecule has 0 spiro atoms. The van der Waals surface area contributed by atoms with Gasteiger partial charge in [0.25, 0.3) is 5.91 Å². The first-order chi connectivity index (χ1) is 38.2. The summed E-state index contributed by atoms with van der Waals surface area (Å²) in [5.41, 5.74) is 6.71. The number of hydrogen-bond acceptors (Lipinski definition) is 15. The van der Waals surface area contributed by atoms with Crippen LogP contribution in [-0.4, -0.2) is 130 Å². The number of aliphatic hydroxyl groups is 1. The number of rotatable bonds is 26. The predicted octanol–water partition coefficient (Wildman–Crippen LogP) is 7.68. The molecule has 7 N–H and O–H groups in total. The fourth-order valence-electron chi connectivity index (χ4n) is 9.82. The van der Waals surface area contributed by atoms with Crippen LogP contribution in [0.4, 0.5) is 5.69 Å². The molecule has 4 atom stereocenters. The number of unbranched alkanes of at least 4 members (excludes halogenated alkanes) is 2. The molecule has 6 aromatic rings. The molecule has 0 bridgehead atoms. The van der Waals surface area contributed by atoms with Crippen molar-refractivity contribution in [2.24, 2.45) is 5.41 Å². The van der Waals surface area contributed by atoms with Gasteiger partial charge in [-0.25, -0.2) is 9.97 Å². The molecule has 0 saturated carbocycles. The third-order valence-electron chi connectivity index (χ3n) is 14.3. The Bertz CT molecular complexity index is 2950. The molecule has 2 aliphatic heterocycles. The second-order valence-electron chi connectivity index (χ2n) is 21.4. The van der Waals surface area contributed by atoms with E-state index < -0.39 is 41.0 Å². The molecule has 21 heteroatoms. The van der Waals surface area contributed by atoms with Gasteiger partial charge in [-0.15, -0.1) is 23.7 Å². The van der Waals surface area contributed by atoms with Crippen LogP contribution in [0.5, 0.6) is 5.75 Å². The fraction of sp³-hybridized carbons (Fsp3) is 0.458. The fourth-order valence-corrected chi connectivity index (χ4v) is 10.6. The lowest BCUT2D eigenvalue weighted by Crippen LogP contribution is -2.58. The molecule has 8 rings (SSSR count). The molecule has 2 fully saturated rings. The third kappa shape index (κ3) is 16.6. The van der Waals surface area contributed by atoms with Crippen LogP contribution < -0.4 is 31.3 Å². The molecule has 2 saturated heterocycles. The number of likely N-dealkylation sites (tertiary alicyclic amines) is 1. The number of H-pyrrole nitrogens is 1. The summed E-state index contributed by atoms with van der Waals surface area (Å²) in [5, 5.41) is 34.4. The average Bonchev–Trinajstić information content (AvgIpc) is 4.26. The Morgan fingerprint density at radius 2 is 1.61 bits per heavy atom. The summed E-state index contributed by atoms with van der Waals surface area (Å²) in [6.07, 6.45) is 7.45. The summed E-state index contributed by atoms with van der Waals surface area (Å²) < 4.78 is 17.6. The van der Waals surface area contributed by atoms with E-state index in [1.807, 2.05) is 125 Å². The number of benzene rings is 3. The van der Waals surface area contributed by atoms with Crippen LogP contribution in [0.15, 0.2) is 103 Å². The van der Waals surface area contributed by atoms with Gasteiger partial charge in [-0.2, -0.15) is 5.10 Å². The SMILES string of the molecule is Cc1ncsc1-c1ccc(CNC(=O)[C@@H]2C[C@@H](O)CN2C(=O)C(NC(=O)COCCCOCCCCCOc2cccc([C@H](C)NC(=O)c3cccc(NC4(c5nc(-c6ccncc6)n[nH]5)CCNCC4)c3)c2)C(C)(C)C)cc1.Cl. The highest BCUT2D eigenvalue weighted by atomic mass is 35.5. The Labute approximate surface area is 478 Å². The van der Waals surface area contributed by atoms with E-state index in [-0.39, 0.29) is 56.4 Å². The summed E-state index contributed by atoms with van der Waals surface area (Å²) in [7, 11) is 0. The number of aromatic amines is 1. The number of β-amino-alcohol motifs (C(OH)–C–C–N with tert-alkyl or cyclic N) is 1. The Hall–Kier alpha value is -6.81. The zero-order valence-electron chi connectivity index (χ0n) is 46.3. The first-order valence-corrected chi connectivity index (χ1v) is 28.2. The molecule has 4 amide bonds. The van der Waals surface area contributed by atoms with Crippen molar-refractivity contribution in [3.63, 3.8) is 0 Å². The van der Waals surface area contributed by atoms with Crippen molar-refractivity contribution in [3.05, 3.63) is 131 Å². The molecule has 3 aromatic heterocycles. The molecule has 19 nitrogen and oxygen atoms in total. The normalized spacial score (nSPS) is 16.7. The van der Waals surface area contributed by atoms with Crippen LogP contribution in [0.2, 0.25) is 0 Å². The van der Waals surface area contributed by atoms with Gasteiger partial charge in [0.1, 0.15) is 24.4 Å². The lowest BCUT2D eigenvalue weighted by molar-refractivity contribution is -0.144. The maximum Gasteiger partial charge on any atom is 0.251 e. The lowest BCUT2D eigenvalue weighted by atomic mass is 9.85. The van der Waals surface area contributed by atoms with Crippen molar-refractivity contribution < 1.29 is 38.5 Å². The first kappa shape index (κ1) is 60.8. The van der Waals surface area contributed by atoms with Gasteiger partial charge in [0, 0.05) is 68.5 Å². The van der Waals surface area contributed by atoms with E-state index in [1.165, 1.54) is 4.90 Å². The summed E-state index contributed by atoms with van der Waals surface area (Å²) in [5.74, 6) is 0.668. The Balaban J connectivity index is 0.00000924. The number of pyridine rings is 1. The molecule has 80 heavy (non-hydrogen) atoms. The molecular formula is C59H76ClN11O8S. The summed E-state index contributed by atoms with van der Waals surface area (Å²) in [4.78, 5) is 70.0. The molecule has 1 unspecified atom stereocenters. The van der Waals surface area contributed by atoms with E-state index in [1.54, 1.807) is 23.7 Å². The zero-order valence-corrected chi connectivity index (χ0v) is 47.9. The van der Waals surface area contributed by atoms with Gasteiger partial charge in [-0.05, 0) is 130 Å². The number of ether oxygens (including phenoxy) is 3. The van der Waals surface area contributed by atoms with Gasteiger partial charge in [-0.3, -0.25) is 29.3 Å². The second-order valence-corrected chi connectivity index (χ2v) is 22.3. The quantitative estimate of drug-likeness (QED) is 0.0258. The molecule has 5 heterocycles. The maximum atomic E-state index is 14.0. The molecule has 0 aliphatic carbocycles. The molecule has 428 valence electrons. The monoisotopic (exact) mass is 1130 g/mol. The number of nitrogens with one attached hydrogen (secondary N) is 6. The van der Waals surface area contributed by atoms with E-state index in [0.29, 0.717) is 44.2 Å². The predicted molar refractivity (Wildman–Crippen MR) is 310 cm³/mol. The van der Waals surface area contributed by atoms with E-state index >= 15 is 0 Å². The van der Waals surface area contributed by atoms with E-state index in [2.05, 4.69) is 46.7 Å². The van der Waals surface area contributed by atoms with Gasteiger partial charge in [0.2, 0.25) is 17.7 Å². The van der Waals surface area contributed by atoms with Gasteiger partial charge >= 0.3 is 0 Å². The molecular weight excluding hydrogens is 1060 g/mol. The number of carbonyl (C=O) groups excluding carboxylic acids is 4. The van der Waals surface area contributed by atoms with Crippen molar-refractivity contribution in [3.8, 4) is 27.6 Å². The second kappa shape index (κ2) is 29.1. The summed E-state index contributed by atoms with van der Waals surface area (Å²) >= 11 is 1.57. The summed E-state index contributed by atoms with van der Waals surface area (Å²) in [6.45, 7) is 13.0. The number of aromatic nitrogens is 5. The minimum Gasteiger partial charge on any atom is -0.494 e. The number of amides is 4. The number of halogens is 1. The number of nitrogens with zero attached hydrogens (tertiary/aromatic N) is 5. The minimum atomic E-state index is -0.951. The Morgan fingerprint density at radius 3 is 2.36 bits per heavy atom. The van der Waals surface area contributed by atoms with Gasteiger partial charge in [0.15, 0.2) is 11.6 Å². The molecule has 0 radical (unpaired) electrons. The van der Waals surface area contributed by atoms with Crippen LogP contribution in [0, 0.1) is 12.3 Å². The number of anilines is 1. The number of piperidine rings is 1. The van der Waals surface area contributed by atoms with Crippen LogP contribution in [0.1, 0.15) is 112 Å². The lowest BCUT2D eigenvalue weighted by Gasteiger charge is -2.37.